The summed E-state index contributed by atoms with van der Waals surface area (Å²) in [6, 6.07) is 12.6. The van der Waals surface area contributed by atoms with Gasteiger partial charge in [0.15, 0.2) is 5.25 Å². The maximum atomic E-state index is 13.0. The maximum Gasteiger partial charge on any atom is 0.247 e. The van der Waals surface area contributed by atoms with Crippen LogP contribution in [0.2, 0.25) is 0 Å². The number of nitrogens with one attached hydrogen (secondary N) is 2. The fraction of sp³-hybridized carbons (Fsp3) is 0.348. The lowest BCUT2D eigenvalue weighted by molar-refractivity contribution is -0.136. The van der Waals surface area contributed by atoms with Crippen LogP contribution in [-0.2, 0) is 14.4 Å². The van der Waals surface area contributed by atoms with Crippen LogP contribution in [0.3, 0.4) is 0 Å². The quantitative estimate of drug-likeness (QED) is 0.673. The van der Waals surface area contributed by atoms with Crippen molar-refractivity contribution in [2.24, 2.45) is 5.92 Å². The second-order valence-corrected chi connectivity index (χ2v) is 8.79. The van der Waals surface area contributed by atoms with Gasteiger partial charge in [-0.05, 0) is 37.1 Å². The van der Waals surface area contributed by atoms with Gasteiger partial charge in [-0.15, -0.1) is 11.8 Å². The van der Waals surface area contributed by atoms with E-state index in [4.69, 9.17) is 9.47 Å². The highest BCUT2D eigenvalue weighted by molar-refractivity contribution is 8.01. The van der Waals surface area contributed by atoms with Crippen molar-refractivity contribution in [2.75, 3.05) is 37.9 Å². The standard InChI is InChI=1S/C23H25N3O5S/c1-30-15-7-8-16(18(13-15)31-2)24-21(27)14-9-11-26(12-10-14)23(29)20-22(28)25-17-5-3-4-6-19(17)32-20/h3-8,13-14,20H,9-12H2,1-2H3,(H,24,27)(H,25,28)/t20-/m0/s1. The minimum atomic E-state index is -0.807. The molecule has 0 unspecified atom stereocenters. The Morgan fingerprint density at radius 2 is 1.84 bits per heavy atom. The fourth-order valence-electron chi connectivity index (χ4n) is 3.88. The molecule has 4 rings (SSSR count). The number of hydrogen-bond acceptors (Lipinski definition) is 6. The first-order valence-corrected chi connectivity index (χ1v) is 11.3. The zero-order valence-electron chi connectivity index (χ0n) is 17.9. The molecule has 3 amide bonds. The molecule has 0 radical (unpaired) electrons. The highest BCUT2D eigenvalue weighted by atomic mass is 32.2. The number of thioether (sulfide) groups is 1. The summed E-state index contributed by atoms with van der Waals surface area (Å²) in [5.41, 5.74) is 1.31. The topological polar surface area (TPSA) is 97.0 Å². The number of hydrogen-bond donors (Lipinski definition) is 2. The number of ether oxygens (including phenoxy) is 2. The Hall–Kier alpha value is -3.20. The number of carbonyl (C=O) groups excluding carboxylic acids is 3. The molecule has 1 saturated heterocycles. The van der Waals surface area contributed by atoms with Crippen LogP contribution in [0, 0.1) is 5.92 Å². The predicted molar refractivity (Wildman–Crippen MR) is 122 cm³/mol. The lowest BCUT2D eigenvalue weighted by Crippen LogP contribution is -2.48. The number of rotatable bonds is 5. The van der Waals surface area contributed by atoms with E-state index in [1.165, 1.54) is 18.9 Å². The van der Waals surface area contributed by atoms with Crippen molar-refractivity contribution < 1.29 is 23.9 Å². The average Bonchev–Trinajstić information content (AvgIpc) is 2.83. The minimum absolute atomic E-state index is 0.112. The number of fused-ring (bicyclic) bond motifs is 1. The molecule has 0 bridgehead atoms. The second-order valence-electron chi connectivity index (χ2n) is 7.64. The highest BCUT2D eigenvalue weighted by Crippen LogP contribution is 2.36. The third-order valence-corrected chi connectivity index (χ3v) is 6.96. The Labute approximate surface area is 190 Å². The molecular weight excluding hydrogens is 430 g/mol. The summed E-state index contributed by atoms with van der Waals surface area (Å²) in [6.45, 7) is 0.866. The van der Waals surface area contributed by atoms with E-state index in [9.17, 15) is 14.4 Å². The first kappa shape index (κ1) is 22.0. The number of piperidine rings is 1. The van der Waals surface area contributed by atoms with Crippen molar-refractivity contribution in [1.29, 1.82) is 0 Å². The molecule has 2 heterocycles. The van der Waals surface area contributed by atoms with Crippen LogP contribution in [0.5, 0.6) is 11.5 Å². The summed E-state index contributed by atoms with van der Waals surface area (Å²) in [6.07, 6.45) is 1.07. The molecule has 2 aliphatic heterocycles. The molecule has 2 N–H and O–H groups in total. The van der Waals surface area contributed by atoms with Crippen molar-refractivity contribution in [3.05, 3.63) is 42.5 Å². The van der Waals surface area contributed by atoms with Crippen molar-refractivity contribution in [1.82, 2.24) is 4.90 Å². The van der Waals surface area contributed by atoms with Crippen LogP contribution < -0.4 is 20.1 Å². The van der Waals surface area contributed by atoms with Crippen molar-refractivity contribution in [2.45, 2.75) is 23.0 Å². The van der Waals surface area contributed by atoms with Crippen LogP contribution in [0.1, 0.15) is 12.8 Å². The molecule has 1 fully saturated rings. The first-order valence-electron chi connectivity index (χ1n) is 10.4. The van der Waals surface area contributed by atoms with E-state index in [0.29, 0.717) is 43.1 Å². The van der Waals surface area contributed by atoms with Gasteiger partial charge in [-0.3, -0.25) is 14.4 Å². The van der Waals surface area contributed by atoms with E-state index in [2.05, 4.69) is 10.6 Å². The van der Waals surface area contributed by atoms with E-state index in [-0.39, 0.29) is 23.6 Å². The third kappa shape index (κ3) is 4.52. The van der Waals surface area contributed by atoms with Crippen LogP contribution in [0.25, 0.3) is 0 Å². The molecule has 9 heteroatoms. The second kappa shape index (κ2) is 9.52. The van der Waals surface area contributed by atoms with Crippen LogP contribution in [-0.4, -0.2) is 55.2 Å². The summed E-state index contributed by atoms with van der Waals surface area (Å²) >= 11 is 1.28. The van der Waals surface area contributed by atoms with E-state index >= 15 is 0 Å². The van der Waals surface area contributed by atoms with Crippen LogP contribution in [0.4, 0.5) is 11.4 Å². The van der Waals surface area contributed by atoms with Gasteiger partial charge >= 0.3 is 0 Å². The molecule has 0 aromatic heterocycles. The summed E-state index contributed by atoms with van der Waals surface area (Å²) < 4.78 is 10.5. The normalized spacial score (nSPS) is 18.4. The fourth-order valence-corrected chi connectivity index (χ4v) is 4.95. The Kier molecular flexibility index (Phi) is 6.55. The van der Waals surface area contributed by atoms with Crippen molar-refractivity contribution >= 4 is 40.9 Å². The molecule has 168 valence electrons. The maximum absolute atomic E-state index is 13.0. The number of benzene rings is 2. The van der Waals surface area contributed by atoms with Crippen molar-refractivity contribution in [3.63, 3.8) is 0 Å². The largest absolute Gasteiger partial charge is 0.497 e. The zero-order valence-corrected chi connectivity index (χ0v) is 18.7. The summed E-state index contributed by atoms with van der Waals surface area (Å²) in [4.78, 5) is 40.8. The van der Waals surface area contributed by atoms with Gasteiger partial charge in [-0.1, -0.05) is 12.1 Å². The molecule has 2 aliphatic rings. The van der Waals surface area contributed by atoms with E-state index in [0.717, 1.165) is 10.6 Å². The number of para-hydroxylation sites is 1. The predicted octanol–water partition coefficient (Wildman–Crippen LogP) is 2.99. The molecular formula is C23H25N3O5S. The molecule has 8 nitrogen and oxygen atoms in total. The zero-order chi connectivity index (χ0) is 22.7. The van der Waals surface area contributed by atoms with Gasteiger partial charge in [0.25, 0.3) is 0 Å². The summed E-state index contributed by atoms with van der Waals surface area (Å²) in [5, 5.41) is 4.92. The minimum Gasteiger partial charge on any atom is -0.497 e. The molecule has 1 atom stereocenters. The molecule has 0 spiro atoms. The molecule has 0 saturated carbocycles. The molecule has 2 aromatic carbocycles. The van der Waals surface area contributed by atoms with E-state index < -0.39 is 5.25 Å². The molecule has 0 aliphatic carbocycles. The SMILES string of the molecule is COc1ccc(NC(=O)C2CCN(C(=O)[C@H]3Sc4ccccc4NC3=O)CC2)c(OC)c1. The summed E-state index contributed by atoms with van der Waals surface area (Å²) in [5.74, 6) is 0.311. The van der Waals surface area contributed by atoms with Gasteiger partial charge in [-0.25, -0.2) is 0 Å². The summed E-state index contributed by atoms with van der Waals surface area (Å²) in [7, 11) is 3.10. The van der Waals surface area contributed by atoms with E-state index in [1.807, 2.05) is 24.3 Å². The van der Waals surface area contributed by atoms with E-state index in [1.54, 1.807) is 30.2 Å². The van der Waals surface area contributed by atoms with Crippen LogP contribution in [0.15, 0.2) is 47.4 Å². The van der Waals surface area contributed by atoms with Gasteiger partial charge in [0.2, 0.25) is 17.7 Å². The third-order valence-electron chi connectivity index (χ3n) is 5.70. The smallest absolute Gasteiger partial charge is 0.247 e. The highest BCUT2D eigenvalue weighted by Gasteiger charge is 2.37. The number of amides is 3. The number of nitrogens with zero attached hydrogens (tertiary/aromatic N) is 1. The van der Waals surface area contributed by atoms with Crippen molar-refractivity contribution in [3.8, 4) is 11.5 Å². The van der Waals surface area contributed by atoms with Gasteiger partial charge in [-0.2, -0.15) is 0 Å². The first-order chi connectivity index (χ1) is 15.5. The van der Waals surface area contributed by atoms with Crippen LogP contribution >= 0.6 is 11.8 Å². The van der Waals surface area contributed by atoms with Gasteiger partial charge in [0.05, 0.1) is 25.6 Å². The Morgan fingerprint density at radius 1 is 1.09 bits per heavy atom. The number of carbonyl (C=O) groups is 3. The Morgan fingerprint density at radius 3 is 2.56 bits per heavy atom. The number of likely N-dealkylation sites (tertiary alicyclic amines) is 1. The monoisotopic (exact) mass is 455 g/mol. The lowest BCUT2D eigenvalue weighted by atomic mass is 9.95. The van der Waals surface area contributed by atoms with Gasteiger partial charge < -0.3 is 25.0 Å². The molecule has 2 aromatic rings. The molecule has 32 heavy (non-hydrogen) atoms. The van der Waals surface area contributed by atoms with Gasteiger partial charge in [0.1, 0.15) is 11.5 Å². The Balaban J connectivity index is 1.34. The average molecular weight is 456 g/mol. The number of methoxy groups -OCH3 is 2. The Bertz CT molecular complexity index is 1040. The lowest BCUT2D eigenvalue weighted by Gasteiger charge is -2.34. The van der Waals surface area contributed by atoms with Gasteiger partial charge in [0, 0.05) is 30.0 Å². The number of anilines is 2.